The molecule has 15 unspecified atom stereocenters. The lowest BCUT2D eigenvalue weighted by Gasteiger charge is -2.48. The van der Waals surface area contributed by atoms with Crippen molar-refractivity contribution in [2.75, 3.05) is 7.11 Å². The van der Waals surface area contributed by atoms with Crippen molar-refractivity contribution in [2.24, 2.45) is 64.2 Å². The van der Waals surface area contributed by atoms with Crippen molar-refractivity contribution in [3.63, 3.8) is 0 Å². The number of aromatic hydroxyl groups is 5. The number of phenols is 5. The Balaban J connectivity index is 0.000000203. The molecule has 10 bridgehead atoms. The van der Waals surface area contributed by atoms with Gasteiger partial charge in [-0.1, -0.05) is 132 Å². The number of phenolic OH excluding ortho intramolecular Hbond substituents is 5. The first-order chi connectivity index (χ1) is 47.7. The van der Waals surface area contributed by atoms with Gasteiger partial charge in [0.2, 0.25) is 0 Å². The molecular formula is C86H130Br3ClF3N5O7. The maximum Gasteiger partial charge on any atom is 0.130 e. The SMILES string of the molecule is Br.Br.Br.C.CC(C)CC12CCCCC(Cc3c(F)cc(O)cc31)C2N.CC12CCCCCC(Cc3c(CO)cc(O)cc31)C2N.CCC12CCCCC(Cc3c(F)cc(O)cc31)C2N.CCCC12CCCCC(Cc3c(F)cc(O)cc31)C2N.COc1cc(O)cc2c1CC1CCCCCC2(C)C1N.Cl. The molecule has 5 aromatic rings. The molecule has 15 rings (SSSR count). The van der Waals surface area contributed by atoms with Crippen molar-refractivity contribution in [2.45, 2.75) is 312 Å². The predicted molar refractivity (Wildman–Crippen MR) is 440 cm³/mol. The summed E-state index contributed by atoms with van der Waals surface area (Å²) in [4.78, 5) is 0. The predicted octanol–water partition coefficient (Wildman–Crippen LogP) is 19.3. The number of fused-ring (bicyclic) bond motifs is 20. The number of rotatable bonds is 7. The number of ether oxygens (including phenoxy) is 1. The van der Waals surface area contributed by atoms with Crippen molar-refractivity contribution in [1.29, 1.82) is 0 Å². The fourth-order valence-electron chi connectivity index (χ4n) is 22.4. The monoisotopic (exact) mass is 1670 g/mol. The summed E-state index contributed by atoms with van der Waals surface area (Å²) in [6.45, 7) is 13.2. The van der Waals surface area contributed by atoms with Crippen LogP contribution in [0.5, 0.6) is 34.5 Å². The molecule has 10 aliphatic carbocycles. The Morgan fingerprint density at radius 2 is 0.752 bits per heavy atom. The minimum atomic E-state index is -0.258. The number of aliphatic hydroxyl groups excluding tert-OH is 1. The van der Waals surface area contributed by atoms with Crippen molar-refractivity contribution < 1.29 is 48.5 Å². The molecule has 5 saturated carbocycles. The summed E-state index contributed by atoms with van der Waals surface area (Å²) in [5.74, 6) is 3.38. The number of halogens is 7. The van der Waals surface area contributed by atoms with Crippen molar-refractivity contribution in [1.82, 2.24) is 0 Å². The van der Waals surface area contributed by atoms with Crippen LogP contribution in [0.25, 0.3) is 0 Å². The third-order valence-corrected chi connectivity index (χ3v) is 27.5. The van der Waals surface area contributed by atoms with E-state index >= 15 is 0 Å². The fraction of sp³-hybridized carbons (Fsp3) is 0.651. The van der Waals surface area contributed by atoms with Gasteiger partial charge >= 0.3 is 0 Å². The van der Waals surface area contributed by atoms with Gasteiger partial charge in [0.25, 0.3) is 0 Å². The molecule has 15 atom stereocenters. The second-order valence-electron chi connectivity index (χ2n) is 33.7. The van der Waals surface area contributed by atoms with Gasteiger partial charge in [-0.2, -0.15) is 0 Å². The van der Waals surface area contributed by atoms with Crippen molar-refractivity contribution in [3.05, 3.63) is 139 Å². The van der Waals surface area contributed by atoms with Crippen molar-refractivity contribution in [3.8, 4) is 34.5 Å². The van der Waals surface area contributed by atoms with Crippen molar-refractivity contribution >= 4 is 63.4 Å². The quantitative estimate of drug-likeness (QED) is 0.0727. The lowest BCUT2D eigenvalue weighted by molar-refractivity contribution is 0.197. The zero-order chi connectivity index (χ0) is 71.8. The number of hydrogen-bond acceptors (Lipinski definition) is 12. The van der Waals surface area contributed by atoms with Gasteiger partial charge in [-0.05, 0) is 249 Å². The van der Waals surface area contributed by atoms with E-state index in [4.69, 9.17) is 33.4 Å². The molecule has 0 spiro atoms. The van der Waals surface area contributed by atoms with Crippen LogP contribution in [0.1, 0.15) is 277 Å². The van der Waals surface area contributed by atoms with E-state index in [1.54, 1.807) is 37.4 Å². The molecule has 5 fully saturated rings. The molecule has 0 aromatic heterocycles. The standard InChI is InChI=1S/C18H26FNO.C17H24FNO.2C17H25NO2.C16H22FNO.CH4.3BrH.ClH/c1-11(2)10-18-6-4-3-5-12(17(18)20)7-14-15(18)8-13(21)9-16(14)19;1-2-6-17-7-4-3-5-11(16(17)19)8-13-14(17)9-12(20)10-15(13)18;1-17-7-5-3-4-6-11(16(17)18)8-13-14(17)9-12(19)10-15(13)20-2;1-17-6-4-2-3-5-11(16(17)18)8-14-12(10-19)7-13(20)9-15(14)17;1-2-16-6-4-3-5-10(15(16)18)7-12-13(16)8-11(19)9-14(12)17;;;;;/h8-9,11-12,17,21H,3-7,10,20H2,1-2H3;9-11,16,20H,2-8,19H2,1H3;9-11,16,19H,3-8,18H2,1-2H3;7,9,11,16,19-20H,2-6,8,10,18H2,1H3;8-10,15,19H,2-7,18H2,1H3;1H4;4*1H. The third-order valence-electron chi connectivity index (χ3n) is 27.5. The number of nitrogens with two attached hydrogens (primary N) is 5. The third kappa shape index (κ3) is 17.6. The van der Waals surface area contributed by atoms with Gasteiger partial charge in [0.15, 0.2) is 0 Å². The van der Waals surface area contributed by atoms with Crippen LogP contribution in [0.15, 0.2) is 60.7 Å². The molecule has 19 heteroatoms. The molecule has 0 heterocycles. The highest BCUT2D eigenvalue weighted by Gasteiger charge is 2.52. The molecule has 590 valence electrons. The Labute approximate surface area is 664 Å². The molecule has 0 radical (unpaired) electrons. The maximum absolute atomic E-state index is 14.4. The van der Waals surface area contributed by atoms with Gasteiger partial charge in [-0.3, -0.25) is 0 Å². The summed E-state index contributed by atoms with van der Waals surface area (Å²) in [7, 11) is 1.68. The Kier molecular flexibility index (Phi) is 32.1. The molecule has 16 N–H and O–H groups in total. The molecule has 0 aliphatic heterocycles. The topological polar surface area (TPSA) is 261 Å². The Morgan fingerprint density at radius 1 is 0.429 bits per heavy atom. The van der Waals surface area contributed by atoms with Crippen LogP contribution in [-0.2, 0) is 65.8 Å². The highest BCUT2D eigenvalue weighted by atomic mass is 79.9. The largest absolute Gasteiger partial charge is 0.508 e. The highest BCUT2D eigenvalue weighted by Crippen LogP contribution is 2.56. The first-order valence-corrected chi connectivity index (χ1v) is 38.9. The average molecular weight is 1680 g/mol. The van der Waals surface area contributed by atoms with Crippen LogP contribution >= 0.6 is 63.4 Å². The van der Waals surface area contributed by atoms with E-state index < -0.39 is 0 Å². The fourth-order valence-corrected chi connectivity index (χ4v) is 22.4. The van der Waals surface area contributed by atoms with E-state index in [0.29, 0.717) is 35.5 Å². The molecule has 0 amide bonds. The van der Waals surface area contributed by atoms with Gasteiger partial charge in [0, 0.05) is 81.5 Å². The molecule has 12 nitrogen and oxygen atoms in total. The second-order valence-corrected chi connectivity index (χ2v) is 33.7. The maximum atomic E-state index is 14.4. The van der Waals surface area contributed by atoms with Gasteiger partial charge in [-0.25, -0.2) is 13.2 Å². The van der Waals surface area contributed by atoms with E-state index in [2.05, 4.69) is 41.5 Å². The lowest BCUT2D eigenvalue weighted by Crippen LogP contribution is -2.53. The summed E-state index contributed by atoms with van der Waals surface area (Å²) in [5, 5.41) is 59.1. The lowest BCUT2D eigenvalue weighted by atomic mass is 9.59. The molecular weight excluding hydrogens is 1550 g/mol. The zero-order valence-corrected chi connectivity index (χ0v) is 69.0. The van der Waals surface area contributed by atoms with E-state index in [0.717, 1.165) is 173 Å². The van der Waals surface area contributed by atoms with Gasteiger partial charge in [0.05, 0.1) is 13.7 Å². The molecule has 0 saturated heterocycles. The second kappa shape index (κ2) is 37.5. The van der Waals surface area contributed by atoms with E-state index in [-0.39, 0.29) is 181 Å². The average Bonchev–Trinajstić information content (AvgIpc) is 1.73. The summed E-state index contributed by atoms with van der Waals surface area (Å²) in [5.41, 5.74) is 43.6. The van der Waals surface area contributed by atoms with E-state index in [9.17, 15) is 43.8 Å². The summed E-state index contributed by atoms with van der Waals surface area (Å²) in [6.07, 6.45) is 33.5. The molecule has 105 heavy (non-hydrogen) atoms. The zero-order valence-electron chi connectivity index (χ0n) is 63.0. The normalized spacial score (nSPS) is 31.2. The summed E-state index contributed by atoms with van der Waals surface area (Å²) >= 11 is 0. The smallest absolute Gasteiger partial charge is 0.130 e. The Bertz CT molecular complexity index is 3620. The van der Waals surface area contributed by atoms with Crippen LogP contribution in [-0.4, -0.2) is 68.0 Å². The summed E-state index contributed by atoms with van der Waals surface area (Å²) < 4.78 is 48.4. The number of hydrogen-bond donors (Lipinski definition) is 11. The minimum Gasteiger partial charge on any atom is -0.508 e. The highest BCUT2D eigenvalue weighted by molar-refractivity contribution is 8.93. The van der Waals surface area contributed by atoms with Crippen LogP contribution in [0, 0.1) is 53.0 Å². The van der Waals surface area contributed by atoms with Gasteiger partial charge < -0.3 is 64.0 Å². The Hall–Kier alpha value is -3.82. The molecule has 5 aromatic carbocycles. The first-order valence-electron chi connectivity index (χ1n) is 38.9. The molecule has 10 aliphatic rings. The first kappa shape index (κ1) is 90.1. The van der Waals surface area contributed by atoms with Gasteiger partial charge in [-0.15, -0.1) is 63.4 Å². The Morgan fingerprint density at radius 3 is 1.17 bits per heavy atom. The van der Waals surface area contributed by atoms with Crippen LogP contribution in [0.2, 0.25) is 0 Å². The number of methoxy groups -OCH3 is 1. The minimum absolute atomic E-state index is 0. The summed E-state index contributed by atoms with van der Waals surface area (Å²) in [6, 6.07) is 16.9. The van der Waals surface area contributed by atoms with Crippen LogP contribution in [0.4, 0.5) is 13.2 Å². The number of aliphatic hydroxyl groups is 1. The van der Waals surface area contributed by atoms with E-state index in [1.165, 1.54) is 111 Å². The van der Waals surface area contributed by atoms with E-state index in [1.807, 2.05) is 12.1 Å². The number of benzene rings is 5. The van der Waals surface area contributed by atoms with Gasteiger partial charge in [0.1, 0.15) is 51.9 Å². The van der Waals surface area contributed by atoms with Crippen LogP contribution < -0.4 is 33.4 Å². The van der Waals surface area contributed by atoms with Crippen LogP contribution in [0.3, 0.4) is 0 Å².